The SMILES string of the molecule is CNC(=O)C(Cc1ccccc1)N(Cc1cccc(Cl)c1)C(=O)CN(c1ccc(C)cc1)S(=O)(=O)c1ccc(OC)c(Br)c1. The number of sulfonamides is 1. The lowest BCUT2D eigenvalue weighted by atomic mass is 10.0. The van der Waals surface area contributed by atoms with E-state index in [1.165, 1.54) is 31.2 Å². The molecule has 44 heavy (non-hydrogen) atoms. The highest BCUT2D eigenvalue weighted by Crippen LogP contribution is 2.31. The van der Waals surface area contributed by atoms with Crippen molar-refractivity contribution in [1.29, 1.82) is 0 Å². The molecule has 0 spiro atoms. The summed E-state index contributed by atoms with van der Waals surface area (Å²) in [7, 11) is -1.26. The summed E-state index contributed by atoms with van der Waals surface area (Å²) in [5.74, 6) is -0.483. The van der Waals surface area contributed by atoms with Gasteiger partial charge in [0.1, 0.15) is 18.3 Å². The first-order valence-corrected chi connectivity index (χ1v) is 16.4. The van der Waals surface area contributed by atoms with Crippen LogP contribution in [0.2, 0.25) is 5.02 Å². The summed E-state index contributed by atoms with van der Waals surface area (Å²) in [6.45, 7) is 1.36. The van der Waals surface area contributed by atoms with Gasteiger partial charge in [-0.25, -0.2) is 8.42 Å². The molecule has 0 heterocycles. The molecular formula is C33H33BrClN3O5S. The summed E-state index contributed by atoms with van der Waals surface area (Å²) in [6.07, 6.45) is 0.218. The first kappa shape index (κ1) is 33.0. The Morgan fingerprint density at radius 1 is 0.932 bits per heavy atom. The van der Waals surface area contributed by atoms with E-state index in [2.05, 4.69) is 21.2 Å². The van der Waals surface area contributed by atoms with Crippen molar-refractivity contribution in [2.24, 2.45) is 0 Å². The minimum atomic E-state index is -4.25. The van der Waals surface area contributed by atoms with Crippen molar-refractivity contribution < 1.29 is 22.7 Å². The number of ether oxygens (including phenoxy) is 1. The summed E-state index contributed by atoms with van der Waals surface area (Å²) < 4.78 is 35.1. The van der Waals surface area contributed by atoms with Gasteiger partial charge in [0.05, 0.1) is 22.2 Å². The van der Waals surface area contributed by atoms with Crippen LogP contribution in [0.5, 0.6) is 5.75 Å². The van der Waals surface area contributed by atoms with Crippen molar-refractivity contribution in [2.45, 2.75) is 30.8 Å². The van der Waals surface area contributed by atoms with E-state index in [1.54, 1.807) is 54.6 Å². The van der Waals surface area contributed by atoms with Gasteiger partial charge in [-0.05, 0) is 76.4 Å². The molecule has 0 aliphatic carbocycles. The number of carbonyl (C=O) groups excluding carboxylic acids is 2. The monoisotopic (exact) mass is 697 g/mol. The molecule has 0 fully saturated rings. The van der Waals surface area contributed by atoms with Crippen LogP contribution in [0.4, 0.5) is 5.69 Å². The number of hydrogen-bond donors (Lipinski definition) is 1. The molecule has 4 aromatic rings. The summed E-state index contributed by atoms with van der Waals surface area (Å²) >= 11 is 9.63. The van der Waals surface area contributed by atoms with Gasteiger partial charge in [-0.3, -0.25) is 13.9 Å². The number of halogens is 2. The van der Waals surface area contributed by atoms with E-state index in [0.717, 1.165) is 15.4 Å². The van der Waals surface area contributed by atoms with Crippen molar-refractivity contribution >= 4 is 55.1 Å². The summed E-state index contributed by atoms with van der Waals surface area (Å²) in [5, 5.41) is 3.15. The number of benzene rings is 4. The predicted octanol–water partition coefficient (Wildman–Crippen LogP) is 6.00. The molecule has 2 amide bonds. The molecular weight excluding hydrogens is 666 g/mol. The quantitative estimate of drug-likeness (QED) is 0.196. The Morgan fingerprint density at radius 2 is 1.61 bits per heavy atom. The largest absolute Gasteiger partial charge is 0.496 e. The maximum atomic E-state index is 14.4. The molecule has 0 aliphatic rings. The fraction of sp³-hybridized carbons (Fsp3) is 0.212. The normalized spacial score (nSPS) is 11.8. The Balaban J connectivity index is 1.80. The van der Waals surface area contributed by atoms with Crippen LogP contribution in [0.15, 0.2) is 106 Å². The molecule has 4 aromatic carbocycles. The molecule has 0 bridgehead atoms. The number of aryl methyl sites for hydroxylation is 1. The standard InChI is InChI=1S/C33H33BrClN3O5S/c1-23-12-14-27(15-13-23)38(44(41,42)28-16-17-31(43-3)29(34)20-28)22-32(39)37(21-25-10-7-11-26(35)18-25)30(33(40)36-2)19-24-8-5-4-6-9-24/h4-18,20,30H,19,21-22H2,1-3H3,(H,36,40). The van der Waals surface area contributed by atoms with Gasteiger partial charge in [-0.15, -0.1) is 0 Å². The zero-order valence-corrected chi connectivity index (χ0v) is 27.7. The average molecular weight is 699 g/mol. The molecule has 8 nitrogen and oxygen atoms in total. The molecule has 0 saturated carbocycles. The Kier molecular flexibility index (Phi) is 11.1. The Morgan fingerprint density at radius 3 is 2.23 bits per heavy atom. The third-order valence-corrected chi connectivity index (χ3v) is 9.70. The highest BCUT2D eigenvalue weighted by atomic mass is 79.9. The Labute approximate surface area is 271 Å². The fourth-order valence-electron chi connectivity index (χ4n) is 4.73. The predicted molar refractivity (Wildman–Crippen MR) is 176 cm³/mol. The Bertz CT molecular complexity index is 1720. The van der Waals surface area contributed by atoms with Crippen LogP contribution in [0.25, 0.3) is 0 Å². The first-order chi connectivity index (χ1) is 21.0. The van der Waals surface area contributed by atoms with Crippen LogP contribution in [-0.4, -0.2) is 51.9 Å². The number of anilines is 1. The van der Waals surface area contributed by atoms with Gasteiger partial charge >= 0.3 is 0 Å². The zero-order chi connectivity index (χ0) is 31.9. The van der Waals surface area contributed by atoms with E-state index in [1.807, 2.05) is 37.3 Å². The number of carbonyl (C=O) groups is 2. The van der Waals surface area contributed by atoms with E-state index in [0.29, 0.717) is 26.5 Å². The molecule has 1 unspecified atom stereocenters. The van der Waals surface area contributed by atoms with E-state index in [9.17, 15) is 18.0 Å². The van der Waals surface area contributed by atoms with Gasteiger partial charge < -0.3 is 15.0 Å². The van der Waals surface area contributed by atoms with Gasteiger partial charge in [0.25, 0.3) is 10.0 Å². The highest BCUT2D eigenvalue weighted by Gasteiger charge is 2.34. The molecule has 0 saturated heterocycles. The smallest absolute Gasteiger partial charge is 0.264 e. The number of likely N-dealkylation sites (N-methyl/N-ethyl adjacent to an activating group) is 1. The number of methoxy groups -OCH3 is 1. The number of nitrogens with zero attached hydrogens (tertiary/aromatic N) is 2. The van der Waals surface area contributed by atoms with Gasteiger partial charge in [0.2, 0.25) is 11.8 Å². The second kappa shape index (κ2) is 14.7. The lowest BCUT2D eigenvalue weighted by molar-refractivity contribution is -0.139. The minimum absolute atomic E-state index is 0.0280. The van der Waals surface area contributed by atoms with Crippen molar-refractivity contribution in [3.05, 3.63) is 123 Å². The molecule has 1 atom stereocenters. The van der Waals surface area contributed by atoms with Crippen LogP contribution >= 0.6 is 27.5 Å². The molecule has 4 rings (SSSR count). The Hall–Kier alpha value is -3.86. The molecule has 0 aromatic heterocycles. The van der Waals surface area contributed by atoms with Gasteiger partial charge in [-0.1, -0.05) is 71.8 Å². The van der Waals surface area contributed by atoms with Crippen LogP contribution < -0.4 is 14.4 Å². The van der Waals surface area contributed by atoms with Crippen LogP contribution in [0.3, 0.4) is 0 Å². The maximum absolute atomic E-state index is 14.4. The second-order valence-corrected chi connectivity index (χ2v) is 13.3. The molecule has 11 heteroatoms. The molecule has 230 valence electrons. The summed E-state index contributed by atoms with van der Waals surface area (Å²) in [5.41, 5.74) is 2.76. The van der Waals surface area contributed by atoms with Crippen LogP contribution in [0, 0.1) is 6.92 Å². The highest BCUT2D eigenvalue weighted by molar-refractivity contribution is 9.10. The number of rotatable bonds is 12. The molecule has 1 N–H and O–H groups in total. The zero-order valence-electron chi connectivity index (χ0n) is 24.5. The van der Waals surface area contributed by atoms with Crippen LogP contribution in [0.1, 0.15) is 16.7 Å². The summed E-state index contributed by atoms with van der Waals surface area (Å²) in [6, 6.07) is 26.7. The lowest BCUT2D eigenvalue weighted by Crippen LogP contribution is -2.53. The average Bonchev–Trinajstić information content (AvgIpc) is 3.02. The molecule has 0 radical (unpaired) electrons. The topological polar surface area (TPSA) is 96.0 Å². The number of nitrogens with one attached hydrogen (secondary N) is 1. The third kappa shape index (κ3) is 7.99. The van der Waals surface area contributed by atoms with Crippen molar-refractivity contribution in [3.63, 3.8) is 0 Å². The van der Waals surface area contributed by atoms with Gasteiger partial charge in [-0.2, -0.15) is 0 Å². The van der Waals surface area contributed by atoms with Crippen molar-refractivity contribution in [1.82, 2.24) is 10.2 Å². The van der Waals surface area contributed by atoms with Gasteiger partial charge in [0, 0.05) is 25.0 Å². The fourth-order valence-corrected chi connectivity index (χ4v) is 7.07. The van der Waals surface area contributed by atoms with Crippen LogP contribution in [-0.2, 0) is 32.6 Å². The van der Waals surface area contributed by atoms with Crippen molar-refractivity contribution in [3.8, 4) is 5.75 Å². The lowest BCUT2D eigenvalue weighted by Gasteiger charge is -2.33. The van der Waals surface area contributed by atoms with E-state index in [-0.39, 0.29) is 23.8 Å². The first-order valence-electron chi connectivity index (χ1n) is 13.8. The molecule has 0 aliphatic heterocycles. The maximum Gasteiger partial charge on any atom is 0.264 e. The minimum Gasteiger partial charge on any atom is -0.496 e. The van der Waals surface area contributed by atoms with E-state index in [4.69, 9.17) is 16.3 Å². The van der Waals surface area contributed by atoms with Gasteiger partial charge in [0.15, 0.2) is 0 Å². The van der Waals surface area contributed by atoms with Crippen molar-refractivity contribution in [2.75, 3.05) is 25.0 Å². The number of amides is 2. The number of hydrogen-bond acceptors (Lipinski definition) is 5. The van der Waals surface area contributed by atoms with E-state index < -0.39 is 28.5 Å². The summed E-state index contributed by atoms with van der Waals surface area (Å²) in [4.78, 5) is 29.1. The second-order valence-electron chi connectivity index (χ2n) is 10.1. The third-order valence-electron chi connectivity index (χ3n) is 7.07. The van der Waals surface area contributed by atoms with E-state index >= 15 is 0 Å².